The van der Waals surface area contributed by atoms with Gasteiger partial charge < -0.3 is 15.8 Å². The van der Waals surface area contributed by atoms with Crippen molar-refractivity contribution in [2.75, 3.05) is 11.1 Å². The molecule has 6 rings (SSSR count). The summed E-state index contributed by atoms with van der Waals surface area (Å²) < 4.78 is 15.5. The zero-order valence-electron chi connectivity index (χ0n) is 24.7. The second kappa shape index (κ2) is 11.9. The number of imidazole rings is 1. The number of hydrogen-bond donors (Lipinski definition) is 3. The van der Waals surface area contributed by atoms with Crippen molar-refractivity contribution >= 4 is 35.8 Å². The largest absolute Gasteiger partial charge is 0.424 e. The number of aromatic nitrogens is 4. The third kappa shape index (κ3) is 5.79. The van der Waals surface area contributed by atoms with Gasteiger partial charge in [-0.3, -0.25) is 4.40 Å². The first-order chi connectivity index (χ1) is 20.7. The SMILES string of the molecule is CC(C)(CC[C@H]1CC[C@H](Nc2nc(-c3cnc4ccc(F)cn34)ncc2N)CC1)[Si](O)(c1ccccc1)c1ccccc1. The normalized spacial score (nSPS) is 17.7. The smallest absolute Gasteiger partial charge is 0.258 e. The molecule has 2 aromatic carbocycles. The van der Waals surface area contributed by atoms with Crippen LogP contribution in [0.5, 0.6) is 0 Å². The van der Waals surface area contributed by atoms with Crippen LogP contribution in [-0.2, 0) is 0 Å². The molecule has 1 saturated carbocycles. The topological polar surface area (TPSA) is 101 Å². The van der Waals surface area contributed by atoms with Crippen LogP contribution < -0.4 is 21.4 Å². The highest BCUT2D eigenvalue weighted by Crippen LogP contribution is 2.43. The van der Waals surface area contributed by atoms with Crippen LogP contribution in [0.15, 0.2) is 91.4 Å². The van der Waals surface area contributed by atoms with E-state index in [0.717, 1.165) is 48.9 Å². The average Bonchev–Trinajstić information content (AvgIpc) is 3.45. The quantitative estimate of drug-likeness (QED) is 0.187. The Bertz CT molecular complexity index is 1650. The van der Waals surface area contributed by atoms with Crippen LogP contribution in [0.2, 0.25) is 5.04 Å². The number of nitrogens with two attached hydrogens (primary N) is 1. The predicted octanol–water partition coefficient (Wildman–Crippen LogP) is 5.80. The molecule has 5 aromatic rings. The van der Waals surface area contributed by atoms with E-state index in [1.165, 1.54) is 12.3 Å². The molecule has 0 aliphatic heterocycles. The number of nitrogens with one attached hydrogen (secondary N) is 1. The van der Waals surface area contributed by atoms with Crippen molar-refractivity contribution in [1.29, 1.82) is 0 Å². The molecule has 9 heteroatoms. The summed E-state index contributed by atoms with van der Waals surface area (Å²) in [5.41, 5.74) is 7.99. The Morgan fingerprint density at radius 2 is 1.58 bits per heavy atom. The maximum atomic E-state index is 13.9. The van der Waals surface area contributed by atoms with Crippen molar-refractivity contribution in [2.24, 2.45) is 5.92 Å². The number of hydrogen-bond acceptors (Lipinski definition) is 6. The maximum absolute atomic E-state index is 13.9. The van der Waals surface area contributed by atoms with Crippen LogP contribution in [0, 0.1) is 11.7 Å². The number of benzene rings is 2. The Morgan fingerprint density at radius 3 is 2.23 bits per heavy atom. The van der Waals surface area contributed by atoms with E-state index in [1.54, 1.807) is 22.9 Å². The first-order valence-electron chi connectivity index (χ1n) is 15.1. The van der Waals surface area contributed by atoms with E-state index in [1.807, 2.05) is 36.4 Å². The fraction of sp³-hybridized carbons (Fsp3) is 0.324. The summed E-state index contributed by atoms with van der Waals surface area (Å²) in [6.07, 6.45) is 10.9. The van der Waals surface area contributed by atoms with Crippen molar-refractivity contribution < 1.29 is 9.19 Å². The van der Waals surface area contributed by atoms with Crippen molar-refractivity contribution in [2.45, 2.75) is 63.5 Å². The van der Waals surface area contributed by atoms with Gasteiger partial charge in [-0.15, -0.1) is 0 Å². The molecule has 0 atom stereocenters. The molecule has 3 aromatic heterocycles. The minimum absolute atomic E-state index is 0.239. The number of fused-ring (bicyclic) bond motifs is 1. The Labute approximate surface area is 253 Å². The molecule has 0 unspecified atom stereocenters. The monoisotopic (exact) mass is 594 g/mol. The summed E-state index contributed by atoms with van der Waals surface area (Å²) in [4.78, 5) is 25.9. The van der Waals surface area contributed by atoms with E-state index in [2.05, 4.69) is 53.4 Å². The Kier molecular flexibility index (Phi) is 8.02. The minimum atomic E-state index is -3.00. The molecule has 0 spiro atoms. The second-order valence-corrected chi connectivity index (χ2v) is 16.4. The average molecular weight is 595 g/mol. The van der Waals surface area contributed by atoms with Gasteiger partial charge in [0.25, 0.3) is 8.32 Å². The highest BCUT2D eigenvalue weighted by Gasteiger charge is 2.49. The third-order valence-corrected chi connectivity index (χ3v) is 13.8. The number of rotatable bonds is 9. The lowest BCUT2D eigenvalue weighted by Gasteiger charge is -2.42. The first-order valence-corrected chi connectivity index (χ1v) is 17.0. The fourth-order valence-electron chi connectivity index (χ4n) is 6.59. The lowest BCUT2D eigenvalue weighted by molar-refractivity contribution is 0.299. The standard InChI is InChI=1S/C34H39FN6OSi/c1-34(2,43(42,27-9-5-3-6-10-27)28-11-7-4-8-12-28)20-19-24-13-16-26(17-14-24)39-32-29(36)21-38-33(40-32)30-22-37-31-18-15-25(35)23-41(30)31/h3-12,15,18,21-24,26,42H,13-14,16-17,19-20,36H2,1-2H3,(H,38,39,40)/t24-,26-. The zero-order chi connectivity index (χ0) is 30.0. The molecule has 4 N–H and O–H groups in total. The lowest BCUT2D eigenvalue weighted by atomic mass is 9.82. The van der Waals surface area contributed by atoms with Gasteiger partial charge in [-0.05, 0) is 65.6 Å². The Balaban J connectivity index is 1.11. The van der Waals surface area contributed by atoms with Gasteiger partial charge in [0.1, 0.15) is 17.2 Å². The van der Waals surface area contributed by atoms with Gasteiger partial charge in [-0.25, -0.2) is 19.3 Å². The maximum Gasteiger partial charge on any atom is 0.258 e. The summed E-state index contributed by atoms with van der Waals surface area (Å²) in [5.74, 6) is 1.29. The Morgan fingerprint density at radius 1 is 0.930 bits per heavy atom. The summed E-state index contributed by atoms with van der Waals surface area (Å²) in [6.45, 7) is 4.50. The molecule has 43 heavy (non-hydrogen) atoms. The van der Waals surface area contributed by atoms with E-state index in [-0.39, 0.29) is 16.9 Å². The summed E-state index contributed by atoms with van der Waals surface area (Å²) in [5, 5.41) is 5.45. The van der Waals surface area contributed by atoms with Crippen molar-refractivity contribution in [1.82, 2.24) is 19.4 Å². The molecule has 1 aliphatic rings. The molecule has 0 radical (unpaired) electrons. The second-order valence-electron chi connectivity index (χ2n) is 12.4. The molecule has 0 saturated heterocycles. The van der Waals surface area contributed by atoms with Gasteiger partial charge >= 0.3 is 0 Å². The van der Waals surface area contributed by atoms with E-state index >= 15 is 0 Å². The summed E-state index contributed by atoms with van der Waals surface area (Å²) in [6, 6.07) is 23.8. The van der Waals surface area contributed by atoms with Crippen molar-refractivity contribution in [3.63, 3.8) is 0 Å². The number of pyridine rings is 1. The van der Waals surface area contributed by atoms with E-state index in [4.69, 9.17) is 10.7 Å². The third-order valence-electron chi connectivity index (χ3n) is 9.24. The number of anilines is 2. The predicted molar refractivity (Wildman–Crippen MR) is 173 cm³/mol. The number of halogens is 1. The molecular formula is C34H39FN6OSi. The fourth-order valence-corrected chi connectivity index (χ4v) is 10.3. The van der Waals surface area contributed by atoms with Crippen LogP contribution in [-0.4, -0.2) is 38.5 Å². The molecule has 0 bridgehead atoms. The van der Waals surface area contributed by atoms with E-state index in [9.17, 15) is 9.19 Å². The van der Waals surface area contributed by atoms with E-state index < -0.39 is 8.32 Å². The van der Waals surface area contributed by atoms with Crippen LogP contribution >= 0.6 is 0 Å². The van der Waals surface area contributed by atoms with Crippen LogP contribution in [0.25, 0.3) is 17.2 Å². The lowest BCUT2D eigenvalue weighted by Crippen LogP contribution is -2.65. The molecule has 0 amide bonds. The molecular weight excluding hydrogens is 555 g/mol. The molecule has 222 valence electrons. The van der Waals surface area contributed by atoms with Crippen LogP contribution in [0.3, 0.4) is 0 Å². The Hall–Kier alpha value is -4.08. The zero-order valence-corrected chi connectivity index (χ0v) is 25.7. The molecule has 3 heterocycles. The van der Waals surface area contributed by atoms with Crippen LogP contribution in [0.1, 0.15) is 52.4 Å². The van der Waals surface area contributed by atoms with Gasteiger partial charge in [0.05, 0.1) is 18.1 Å². The van der Waals surface area contributed by atoms with Crippen molar-refractivity contribution in [3.8, 4) is 11.5 Å². The number of nitrogen functional groups attached to an aromatic ring is 1. The highest BCUT2D eigenvalue weighted by atomic mass is 28.4. The van der Waals surface area contributed by atoms with Gasteiger partial charge in [-0.2, -0.15) is 0 Å². The first kappa shape index (κ1) is 29.0. The van der Waals surface area contributed by atoms with Gasteiger partial charge in [0.15, 0.2) is 11.6 Å². The summed E-state index contributed by atoms with van der Waals surface area (Å²) >= 11 is 0. The summed E-state index contributed by atoms with van der Waals surface area (Å²) in [7, 11) is -3.00. The minimum Gasteiger partial charge on any atom is -0.424 e. The van der Waals surface area contributed by atoms with Gasteiger partial charge in [-0.1, -0.05) is 80.9 Å². The van der Waals surface area contributed by atoms with Gasteiger partial charge in [0.2, 0.25) is 0 Å². The number of nitrogens with zero attached hydrogens (tertiary/aromatic N) is 4. The van der Waals surface area contributed by atoms with Crippen LogP contribution in [0.4, 0.5) is 15.9 Å². The van der Waals surface area contributed by atoms with Crippen molar-refractivity contribution in [3.05, 3.63) is 97.2 Å². The van der Waals surface area contributed by atoms with Gasteiger partial charge in [0, 0.05) is 12.2 Å². The van der Waals surface area contributed by atoms with E-state index in [0.29, 0.717) is 34.6 Å². The molecule has 1 aliphatic carbocycles. The molecule has 1 fully saturated rings. The highest BCUT2D eigenvalue weighted by molar-refractivity contribution is 6.98. The molecule has 7 nitrogen and oxygen atoms in total.